The van der Waals surface area contributed by atoms with Crippen LogP contribution in [0.25, 0.3) is 0 Å². The average molecular weight is 443 g/mol. The molecule has 3 aromatic rings. The Morgan fingerprint density at radius 2 is 1.77 bits per heavy atom. The zero-order valence-electron chi connectivity index (χ0n) is 16.1. The Bertz CT molecular complexity index is 1020. The summed E-state index contributed by atoms with van der Waals surface area (Å²) in [5.41, 5.74) is 2.13. The SMILES string of the molecule is O=C(Nc1ccc(F)cc1)c1ccc(CSc2nc(Cl)cc(N3CCCC3)n2)cc1. The lowest BCUT2D eigenvalue weighted by Crippen LogP contribution is -2.19. The van der Waals surface area contributed by atoms with Crippen molar-refractivity contribution >= 4 is 40.8 Å². The van der Waals surface area contributed by atoms with Crippen molar-refractivity contribution in [2.24, 2.45) is 0 Å². The summed E-state index contributed by atoms with van der Waals surface area (Å²) in [5.74, 6) is 0.961. The van der Waals surface area contributed by atoms with Crippen LogP contribution in [0.1, 0.15) is 28.8 Å². The summed E-state index contributed by atoms with van der Waals surface area (Å²) in [6.07, 6.45) is 2.34. The second-order valence-electron chi connectivity index (χ2n) is 6.97. The molecule has 1 aromatic heterocycles. The van der Waals surface area contributed by atoms with E-state index in [1.165, 1.54) is 48.9 Å². The zero-order valence-corrected chi connectivity index (χ0v) is 17.7. The maximum Gasteiger partial charge on any atom is 0.255 e. The van der Waals surface area contributed by atoms with Crippen molar-refractivity contribution in [1.82, 2.24) is 9.97 Å². The Balaban J connectivity index is 1.36. The number of carbonyl (C=O) groups is 1. The van der Waals surface area contributed by atoms with Gasteiger partial charge in [-0.05, 0) is 54.8 Å². The van der Waals surface area contributed by atoms with Crippen molar-refractivity contribution in [3.63, 3.8) is 0 Å². The molecule has 4 rings (SSSR count). The first-order valence-electron chi connectivity index (χ1n) is 9.65. The quantitative estimate of drug-likeness (QED) is 0.314. The molecule has 0 spiro atoms. The van der Waals surface area contributed by atoms with E-state index in [1.807, 2.05) is 18.2 Å². The van der Waals surface area contributed by atoms with Gasteiger partial charge in [-0.3, -0.25) is 4.79 Å². The fraction of sp³-hybridized carbons (Fsp3) is 0.227. The predicted molar refractivity (Wildman–Crippen MR) is 119 cm³/mol. The minimum atomic E-state index is -0.342. The molecule has 0 aliphatic carbocycles. The molecule has 2 aromatic carbocycles. The predicted octanol–water partition coefficient (Wildman–Crippen LogP) is 5.41. The van der Waals surface area contributed by atoms with Crippen LogP contribution in [0.3, 0.4) is 0 Å². The van der Waals surface area contributed by atoms with Crippen molar-refractivity contribution in [3.8, 4) is 0 Å². The van der Waals surface area contributed by atoms with Gasteiger partial charge in [0.2, 0.25) is 0 Å². The van der Waals surface area contributed by atoms with Gasteiger partial charge in [0.25, 0.3) is 5.91 Å². The summed E-state index contributed by atoms with van der Waals surface area (Å²) in [6.45, 7) is 2.00. The lowest BCUT2D eigenvalue weighted by Gasteiger charge is -2.16. The average Bonchev–Trinajstić information content (AvgIpc) is 3.29. The number of amides is 1. The van der Waals surface area contributed by atoms with Crippen LogP contribution in [0.2, 0.25) is 5.15 Å². The Morgan fingerprint density at radius 1 is 1.07 bits per heavy atom. The second-order valence-corrected chi connectivity index (χ2v) is 8.30. The van der Waals surface area contributed by atoms with Crippen molar-refractivity contribution in [1.29, 1.82) is 0 Å². The van der Waals surface area contributed by atoms with Gasteiger partial charge in [-0.1, -0.05) is 35.5 Å². The number of benzene rings is 2. The fourth-order valence-electron chi connectivity index (χ4n) is 3.19. The number of nitrogens with zero attached hydrogens (tertiary/aromatic N) is 3. The van der Waals surface area contributed by atoms with Gasteiger partial charge in [-0.2, -0.15) is 0 Å². The smallest absolute Gasteiger partial charge is 0.255 e. The highest BCUT2D eigenvalue weighted by molar-refractivity contribution is 7.98. The van der Waals surface area contributed by atoms with Gasteiger partial charge in [-0.25, -0.2) is 14.4 Å². The summed E-state index contributed by atoms with van der Waals surface area (Å²) < 4.78 is 13.0. The van der Waals surface area contributed by atoms with Gasteiger partial charge < -0.3 is 10.2 Å². The van der Waals surface area contributed by atoms with E-state index in [0.717, 1.165) is 24.5 Å². The molecular formula is C22H20ClFN4OS. The van der Waals surface area contributed by atoms with Gasteiger partial charge >= 0.3 is 0 Å². The van der Waals surface area contributed by atoms with E-state index in [-0.39, 0.29) is 11.7 Å². The molecule has 8 heteroatoms. The molecule has 1 aliphatic heterocycles. The normalized spacial score (nSPS) is 13.5. The largest absolute Gasteiger partial charge is 0.356 e. The Labute approximate surface area is 183 Å². The highest BCUT2D eigenvalue weighted by atomic mass is 35.5. The summed E-state index contributed by atoms with van der Waals surface area (Å²) in [5, 5.41) is 3.84. The molecule has 0 saturated carbocycles. The number of halogens is 2. The molecule has 1 saturated heterocycles. The molecule has 2 heterocycles. The van der Waals surface area contributed by atoms with Crippen LogP contribution < -0.4 is 10.2 Å². The van der Waals surface area contributed by atoms with Crippen LogP contribution in [0.5, 0.6) is 0 Å². The summed E-state index contributed by atoms with van der Waals surface area (Å²) >= 11 is 7.69. The summed E-state index contributed by atoms with van der Waals surface area (Å²) in [7, 11) is 0. The van der Waals surface area contributed by atoms with Crippen molar-refractivity contribution < 1.29 is 9.18 Å². The van der Waals surface area contributed by atoms with Crippen LogP contribution >= 0.6 is 23.4 Å². The van der Waals surface area contributed by atoms with E-state index in [2.05, 4.69) is 20.2 Å². The van der Waals surface area contributed by atoms with Crippen LogP contribution in [-0.2, 0) is 5.75 Å². The van der Waals surface area contributed by atoms with Gasteiger partial charge in [-0.15, -0.1) is 0 Å². The van der Waals surface area contributed by atoms with Crippen LogP contribution in [0, 0.1) is 5.82 Å². The van der Waals surface area contributed by atoms with E-state index < -0.39 is 0 Å². The summed E-state index contributed by atoms with van der Waals surface area (Å²) in [4.78, 5) is 23.5. The molecule has 1 aliphatic rings. The van der Waals surface area contributed by atoms with E-state index in [4.69, 9.17) is 11.6 Å². The molecule has 0 radical (unpaired) electrons. The number of anilines is 2. The first kappa shape index (κ1) is 20.6. The van der Waals surface area contributed by atoms with Gasteiger partial charge in [0.1, 0.15) is 16.8 Å². The second kappa shape index (κ2) is 9.45. The standard InChI is InChI=1S/C22H20ClFN4OS/c23-19-13-20(28-11-1-2-12-28)27-22(26-19)30-14-15-3-5-16(6-4-15)21(29)25-18-9-7-17(24)8-10-18/h3-10,13H,1-2,11-12,14H2,(H,25,29). The molecule has 30 heavy (non-hydrogen) atoms. The lowest BCUT2D eigenvalue weighted by atomic mass is 10.1. The molecule has 1 amide bonds. The van der Waals surface area contributed by atoms with Crippen molar-refractivity contribution in [2.45, 2.75) is 23.8 Å². The number of carbonyl (C=O) groups excluding carboxylic acids is 1. The Hall–Kier alpha value is -2.64. The van der Waals surface area contributed by atoms with Crippen molar-refractivity contribution in [2.75, 3.05) is 23.3 Å². The highest BCUT2D eigenvalue weighted by Gasteiger charge is 2.16. The molecule has 154 valence electrons. The number of thioether (sulfide) groups is 1. The molecule has 0 unspecified atom stereocenters. The maximum absolute atomic E-state index is 13.0. The van der Waals surface area contributed by atoms with Gasteiger partial charge in [0.05, 0.1) is 0 Å². The topological polar surface area (TPSA) is 58.1 Å². The number of nitrogens with one attached hydrogen (secondary N) is 1. The van der Waals surface area contributed by atoms with E-state index in [1.54, 1.807) is 12.1 Å². The number of hydrogen-bond acceptors (Lipinski definition) is 5. The van der Waals surface area contributed by atoms with Crippen LogP contribution in [0.4, 0.5) is 15.9 Å². The lowest BCUT2D eigenvalue weighted by molar-refractivity contribution is 0.102. The third-order valence-electron chi connectivity index (χ3n) is 4.78. The minimum absolute atomic E-state index is 0.241. The molecular weight excluding hydrogens is 423 g/mol. The molecule has 0 atom stereocenters. The monoisotopic (exact) mass is 442 g/mol. The third-order valence-corrected chi connectivity index (χ3v) is 5.89. The molecule has 0 bridgehead atoms. The first-order valence-corrected chi connectivity index (χ1v) is 11.0. The van der Waals surface area contributed by atoms with Crippen LogP contribution in [0.15, 0.2) is 59.8 Å². The maximum atomic E-state index is 13.0. The number of hydrogen-bond donors (Lipinski definition) is 1. The summed E-state index contributed by atoms with van der Waals surface area (Å²) in [6, 6.07) is 14.8. The van der Waals surface area contributed by atoms with E-state index in [9.17, 15) is 9.18 Å². The fourth-order valence-corrected chi connectivity index (χ4v) is 4.23. The first-order chi connectivity index (χ1) is 14.6. The van der Waals surface area contributed by atoms with Crippen molar-refractivity contribution in [3.05, 3.63) is 76.7 Å². The zero-order chi connectivity index (χ0) is 20.9. The van der Waals surface area contributed by atoms with Gasteiger partial charge in [0, 0.05) is 36.2 Å². The minimum Gasteiger partial charge on any atom is -0.356 e. The molecule has 1 fully saturated rings. The highest BCUT2D eigenvalue weighted by Crippen LogP contribution is 2.26. The van der Waals surface area contributed by atoms with Crippen LogP contribution in [-0.4, -0.2) is 29.0 Å². The van der Waals surface area contributed by atoms with Gasteiger partial charge in [0.15, 0.2) is 5.16 Å². The Morgan fingerprint density at radius 3 is 2.47 bits per heavy atom. The molecule has 1 N–H and O–H groups in total. The number of aromatic nitrogens is 2. The van der Waals surface area contributed by atoms with E-state index >= 15 is 0 Å². The Kier molecular flexibility index (Phi) is 6.50. The number of rotatable bonds is 6. The third kappa shape index (κ3) is 5.29. The molecule has 5 nitrogen and oxygen atoms in total. The van der Waals surface area contributed by atoms with E-state index in [0.29, 0.717) is 27.3 Å².